The summed E-state index contributed by atoms with van der Waals surface area (Å²) in [5, 5.41) is 0.313. The maximum atomic E-state index is 6.86. The summed E-state index contributed by atoms with van der Waals surface area (Å²) in [6, 6.07) is 0. The summed E-state index contributed by atoms with van der Waals surface area (Å²) in [7, 11) is -1.66. The highest BCUT2D eigenvalue weighted by molar-refractivity contribution is 6.74. The second-order valence-corrected chi connectivity index (χ2v) is 14.2. The molecular weight excluding hydrogens is 272 g/mol. The summed E-state index contributed by atoms with van der Waals surface area (Å²) in [5.74, 6) is 1.47. The van der Waals surface area contributed by atoms with Crippen molar-refractivity contribution >= 4 is 8.32 Å². The Morgan fingerprint density at radius 2 is 1.81 bits per heavy atom. The molecule has 2 saturated carbocycles. The molecule has 21 heavy (non-hydrogen) atoms. The van der Waals surface area contributed by atoms with Gasteiger partial charge in [-0.05, 0) is 68.0 Å². The van der Waals surface area contributed by atoms with Gasteiger partial charge in [-0.3, -0.25) is 0 Å². The molecule has 2 aliphatic carbocycles. The van der Waals surface area contributed by atoms with E-state index in [1.54, 1.807) is 0 Å². The molecule has 0 aromatic heterocycles. The number of hydrogen-bond acceptors (Lipinski definition) is 1. The molecule has 0 aromatic carbocycles. The van der Waals surface area contributed by atoms with Gasteiger partial charge in [-0.1, -0.05) is 46.3 Å². The van der Waals surface area contributed by atoms with E-state index < -0.39 is 8.32 Å². The normalized spacial score (nSPS) is 37.4. The van der Waals surface area contributed by atoms with Crippen LogP contribution in [0.2, 0.25) is 18.1 Å². The number of hydrogen-bond donors (Lipinski definition) is 0. The van der Waals surface area contributed by atoms with Gasteiger partial charge in [0.25, 0.3) is 0 Å². The smallest absolute Gasteiger partial charge is 0.192 e. The average molecular weight is 309 g/mol. The first-order valence-electron chi connectivity index (χ1n) is 8.82. The predicted molar refractivity (Wildman–Crippen MR) is 95.1 cm³/mol. The third kappa shape index (κ3) is 3.03. The zero-order valence-electron chi connectivity index (χ0n) is 15.4. The second kappa shape index (κ2) is 5.52. The van der Waals surface area contributed by atoms with Crippen LogP contribution in [0.1, 0.15) is 66.7 Å². The van der Waals surface area contributed by atoms with Gasteiger partial charge in [0.05, 0.1) is 0 Å². The van der Waals surface area contributed by atoms with E-state index in [9.17, 15) is 0 Å². The van der Waals surface area contributed by atoms with Gasteiger partial charge >= 0.3 is 0 Å². The van der Waals surface area contributed by atoms with E-state index in [2.05, 4.69) is 54.3 Å². The molecule has 2 heteroatoms. The molecule has 0 saturated heterocycles. The fourth-order valence-electron chi connectivity index (χ4n) is 4.63. The second-order valence-electron chi connectivity index (χ2n) is 9.40. The van der Waals surface area contributed by atoms with E-state index in [-0.39, 0.29) is 0 Å². The summed E-state index contributed by atoms with van der Waals surface area (Å²) in [6.07, 6.45) is 7.13. The van der Waals surface area contributed by atoms with Crippen molar-refractivity contribution < 1.29 is 4.43 Å². The van der Waals surface area contributed by atoms with E-state index >= 15 is 0 Å². The zero-order chi connectivity index (χ0) is 16.1. The van der Waals surface area contributed by atoms with Crippen LogP contribution in [-0.2, 0) is 4.43 Å². The number of fused-ring (bicyclic) bond motifs is 1. The first-order valence-corrected chi connectivity index (χ1v) is 11.7. The molecule has 0 spiro atoms. The van der Waals surface area contributed by atoms with Gasteiger partial charge in [-0.2, -0.15) is 0 Å². The van der Waals surface area contributed by atoms with Crippen LogP contribution in [0.4, 0.5) is 0 Å². The van der Waals surface area contributed by atoms with Crippen molar-refractivity contribution in [3.05, 3.63) is 12.2 Å². The minimum absolute atomic E-state index is 0.313. The molecule has 2 rings (SSSR count). The zero-order valence-corrected chi connectivity index (χ0v) is 16.4. The van der Waals surface area contributed by atoms with E-state index in [0.29, 0.717) is 22.5 Å². The Labute approximate surface area is 133 Å². The highest BCUT2D eigenvalue weighted by atomic mass is 28.4. The summed E-state index contributed by atoms with van der Waals surface area (Å²) < 4.78 is 6.86. The minimum atomic E-state index is -1.66. The van der Waals surface area contributed by atoms with Crippen molar-refractivity contribution in [1.29, 1.82) is 0 Å². The van der Waals surface area contributed by atoms with Gasteiger partial charge in [0.2, 0.25) is 0 Å². The SMILES string of the molecule is C=C(C)[C@H]1CCC2[C@@H](O[Si](C)(C)C(C)(C)C)CCC[C@@]21C. The highest BCUT2D eigenvalue weighted by Gasteiger charge is 2.53. The lowest BCUT2D eigenvalue weighted by molar-refractivity contribution is -0.00333. The van der Waals surface area contributed by atoms with Gasteiger partial charge in [-0.25, -0.2) is 0 Å². The number of allylic oxidation sites excluding steroid dienone is 1. The van der Waals surface area contributed by atoms with Gasteiger partial charge in [0, 0.05) is 6.10 Å². The van der Waals surface area contributed by atoms with E-state index in [0.717, 1.165) is 5.92 Å². The van der Waals surface area contributed by atoms with Gasteiger partial charge in [0.15, 0.2) is 8.32 Å². The van der Waals surface area contributed by atoms with Crippen molar-refractivity contribution in [3.8, 4) is 0 Å². The van der Waals surface area contributed by atoms with Crippen LogP contribution in [0.5, 0.6) is 0 Å². The summed E-state index contributed by atoms with van der Waals surface area (Å²) in [5.41, 5.74) is 1.84. The van der Waals surface area contributed by atoms with Crippen molar-refractivity contribution in [2.24, 2.45) is 17.3 Å². The van der Waals surface area contributed by atoms with Crippen molar-refractivity contribution in [1.82, 2.24) is 0 Å². The molecule has 4 atom stereocenters. The molecule has 0 heterocycles. The molecule has 0 aliphatic heterocycles. The van der Waals surface area contributed by atoms with Crippen molar-refractivity contribution in [3.63, 3.8) is 0 Å². The van der Waals surface area contributed by atoms with E-state index in [1.807, 2.05) is 0 Å². The van der Waals surface area contributed by atoms with E-state index in [4.69, 9.17) is 4.43 Å². The topological polar surface area (TPSA) is 9.23 Å². The first kappa shape index (κ1) is 17.3. The van der Waals surface area contributed by atoms with Crippen LogP contribution >= 0.6 is 0 Å². The average Bonchev–Trinajstić information content (AvgIpc) is 2.65. The Morgan fingerprint density at radius 3 is 2.33 bits per heavy atom. The van der Waals surface area contributed by atoms with Crippen LogP contribution in [-0.4, -0.2) is 14.4 Å². The minimum Gasteiger partial charge on any atom is -0.414 e. The molecule has 0 amide bonds. The molecule has 2 fully saturated rings. The van der Waals surface area contributed by atoms with Gasteiger partial charge < -0.3 is 4.43 Å². The molecule has 1 unspecified atom stereocenters. The van der Waals surface area contributed by atoms with Crippen LogP contribution in [0, 0.1) is 17.3 Å². The Kier molecular flexibility index (Phi) is 4.54. The molecule has 0 radical (unpaired) electrons. The summed E-state index contributed by atoms with van der Waals surface area (Å²) in [6.45, 7) is 20.9. The summed E-state index contributed by atoms with van der Waals surface area (Å²) >= 11 is 0. The first-order chi connectivity index (χ1) is 9.49. The fraction of sp³-hybridized carbons (Fsp3) is 0.895. The molecular formula is C19H36OSi. The Morgan fingerprint density at radius 1 is 1.19 bits per heavy atom. The maximum absolute atomic E-state index is 6.86. The largest absolute Gasteiger partial charge is 0.414 e. The van der Waals surface area contributed by atoms with Crippen LogP contribution in [0.15, 0.2) is 12.2 Å². The predicted octanol–water partition coefficient (Wildman–Crippen LogP) is 6.17. The fourth-order valence-corrected chi connectivity index (χ4v) is 6.02. The van der Waals surface area contributed by atoms with Crippen LogP contribution < -0.4 is 0 Å². The van der Waals surface area contributed by atoms with Gasteiger partial charge in [-0.15, -0.1) is 0 Å². The van der Waals surface area contributed by atoms with E-state index in [1.165, 1.54) is 37.7 Å². The Hall–Kier alpha value is -0.0831. The molecule has 0 aromatic rings. The van der Waals surface area contributed by atoms with Crippen LogP contribution in [0.25, 0.3) is 0 Å². The molecule has 122 valence electrons. The highest BCUT2D eigenvalue weighted by Crippen LogP contribution is 2.58. The third-order valence-corrected chi connectivity index (χ3v) is 11.4. The molecule has 2 aliphatic rings. The lowest BCUT2D eigenvalue weighted by Gasteiger charge is -2.49. The maximum Gasteiger partial charge on any atom is 0.192 e. The van der Waals surface area contributed by atoms with Gasteiger partial charge in [0.1, 0.15) is 0 Å². The standard InChI is InChI=1S/C19H36OSi/c1-14(2)15-11-12-16-17(10-9-13-19(15,16)6)20-21(7,8)18(3,4)5/h15-17H,1,9-13H2,2-8H3/t15-,16?,17+,19-/m1/s1. The van der Waals surface area contributed by atoms with Crippen molar-refractivity contribution in [2.75, 3.05) is 0 Å². The third-order valence-electron chi connectivity index (χ3n) is 6.91. The number of rotatable bonds is 3. The van der Waals surface area contributed by atoms with Crippen molar-refractivity contribution in [2.45, 2.75) is 91.0 Å². The molecule has 1 nitrogen and oxygen atoms in total. The lowest BCUT2D eigenvalue weighted by Crippen LogP contribution is -2.49. The Bertz CT molecular complexity index is 406. The lowest BCUT2D eigenvalue weighted by atomic mass is 9.63. The van der Waals surface area contributed by atoms with Crippen LogP contribution in [0.3, 0.4) is 0 Å². The Balaban J connectivity index is 2.19. The monoisotopic (exact) mass is 308 g/mol. The quantitative estimate of drug-likeness (QED) is 0.447. The molecule has 0 N–H and O–H groups in total. The summed E-state index contributed by atoms with van der Waals surface area (Å²) in [4.78, 5) is 0. The molecule has 0 bridgehead atoms.